The average molecular weight is 655 g/mol. The lowest BCUT2D eigenvalue weighted by molar-refractivity contribution is -0.172. The van der Waals surface area contributed by atoms with Crippen molar-refractivity contribution >= 4 is 23.8 Å². The zero-order valence-corrected chi connectivity index (χ0v) is 31.1. The molecule has 0 fully saturated rings. The Morgan fingerprint density at radius 1 is 0.717 bits per heavy atom. The molecule has 0 saturated heterocycles. The summed E-state index contributed by atoms with van der Waals surface area (Å²) in [5.41, 5.74) is -1.15. The largest absolute Gasteiger partial charge is 0.465 e. The van der Waals surface area contributed by atoms with E-state index in [1.54, 1.807) is 44.1 Å². The van der Waals surface area contributed by atoms with Gasteiger partial charge in [0.2, 0.25) is 5.91 Å². The monoisotopic (exact) mass is 654 g/mol. The molecule has 0 aliphatic carbocycles. The van der Waals surface area contributed by atoms with E-state index in [-0.39, 0.29) is 61.4 Å². The molecule has 268 valence electrons. The lowest BCUT2D eigenvalue weighted by Crippen LogP contribution is -2.41. The van der Waals surface area contributed by atoms with Crippen LogP contribution >= 0.6 is 0 Å². The summed E-state index contributed by atoms with van der Waals surface area (Å²) in [5.74, 6) is -1.22. The van der Waals surface area contributed by atoms with Gasteiger partial charge in [-0.1, -0.05) is 102 Å². The third-order valence-corrected chi connectivity index (χ3v) is 6.92. The number of carbonyl (C=O) groups is 4. The maximum Gasteiger partial charge on any atom is 0.318 e. The molecule has 0 saturated carbocycles. The molecule has 0 aliphatic heterocycles. The van der Waals surface area contributed by atoms with Gasteiger partial charge in [-0.3, -0.25) is 23.7 Å². The molecule has 1 N–H and O–H groups in total. The lowest BCUT2D eigenvalue weighted by Gasteiger charge is -2.29. The summed E-state index contributed by atoms with van der Waals surface area (Å²) in [6.45, 7) is 23.5. The third kappa shape index (κ3) is 22.7. The van der Waals surface area contributed by atoms with Crippen LogP contribution in [0.5, 0.6) is 0 Å². The third-order valence-electron chi connectivity index (χ3n) is 6.92. The van der Waals surface area contributed by atoms with E-state index in [0.29, 0.717) is 6.42 Å². The summed E-state index contributed by atoms with van der Waals surface area (Å²) in [7, 11) is 0. The number of aromatic nitrogens is 2. The van der Waals surface area contributed by atoms with Crippen molar-refractivity contribution in [1.82, 2.24) is 9.55 Å². The molecule has 0 radical (unpaired) electrons. The molecule has 0 spiro atoms. The lowest BCUT2D eigenvalue weighted by atomic mass is 9.77. The van der Waals surface area contributed by atoms with E-state index in [4.69, 9.17) is 19.3 Å². The van der Waals surface area contributed by atoms with Gasteiger partial charge in [-0.05, 0) is 36.0 Å². The SMILES string of the molecule is CC(C)(C)CO.CCC(=O)OCC(C)(COC(=O)CC)C(=O)OCC(C)(C)C.CCCCC(C)(CCCC)CC(=O)n1ccnc1. The van der Waals surface area contributed by atoms with Crippen LogP contribution in [0.4, 0.5) is 0 Å². The highest BCUT2D eigenvalue weighted by atomic mass is 16.6. The van der Waals surface area contributed by atoms with E-state index >= 15 is 0 Å². The molecule has 0 aromatic carbocycles. The first-order chi connectivity index (χ1) is 21.2. The van der Waals surface area contributed by atoms with Crippen LogP contribution < -0.4 is 0 Å². The number of hydrogen-bond donors (Lipinski definition) is 1. The smallest absolute Gasteiger partial charge is 0.318 e. The van der Waals surface area contributed by atoms with Gasteiger partial charge in [-0.25, -0.2) is 4.98 Å². The summed E-state index contributed by atoms with van der Waals surface area (Å²) >= 11 is 0. The highest BCUT2D eigenvalue weighted by Crippen LogP contribution is 2.34. The number of aliphatic hydroxyl groups is 1. The maximum absolute atomic E-state index is 12.3. The van der Waals surface area contributed by atoms with Crippen LogP contribution in [0.2, 0.25) is 0 Å². The van der Waals surface area contributed by atoms with Crippen molar-refractivity contribution in [3.8, 4) is 0 Å². The first-order valence-corrected chi connectivity index (χ1v) is 16.8. The summed E-state index contributed by atoms with van der Waals surface area (Å²) in [6, 6.07) is 0. The zero-order chi connectivity index (χ0) is 36.0. The number of imidazole rings is 1. The van der Waals surface area contributed by atoms with Crippen LogP contribution in [0.1, 0.15) is 146 Å². The molecule has 0 atom stereocenters. The minimum Gasteiger partial charge on any atom is -0.465 e. The molecule has 1 aromatic rings. The fourth-order valence-corrected chi connectivity index (χ4v) is 3.67. The molecule has 1 heterocycles. The van der Waals surface area contributed by atoms with Crippen LogP contribution in [-0.2, 0) is 28.6 Å². The standard InChI is InChI=1S/C16H28O6.C15H26N2O.C5H12O/c1-7-12(17)20-10-16(6,11-21-13(18)8-2)14(19)22-9-15(3,4)5;1-4-6-8-15(3,9-7-5-2)12-14(18)17-11-10-16-13-17;1-5(2,3)4-6/h7-11H2,1-6H3;10-11,13H,4-9,12H2,1-3H3;6H,4H2,1-3H3. The summed E-state index contributed by atoms with van der Waals surface area (Å²) in [5, 5.41) is 8.40. The van der Waals surface area contributed by atoms with Gasteiger partial charge in [0.15, 0.2) is 0 Å². The number of esters is 3. The van der Waals surface area contributed by atoms with Crippen LogP contribution in [0, 0.1) is 21.7 Å². The molecular weight excluding hydrogens is 588 g/mol. The van der Waals surface area contributed by atoms with E-state index in [1.165, 1.54) is 25.7 Å². The summed E-state index contributed by atoms with van der Waals surface area (Å²) in [6.07, 6.45) is 13.1. The molecular formula is C36H66N2O8. The molecule has 0 amide bonds. The number of carbonyl (C=O) groups excluding carboxylic acids is 4. The van der Waals surface area contributed by atoms with Gasteiger partial charge in [-0.2, -0.15) is 0 Å². The van der Waals surface area contributed by atoms with Gasteiger partial charge in [0, 0.05) is 38.3 Å². The van der Waals surface area contributed by atoms with Crippen LogP contribution in [0.15, 0.2) is 18.7 Å². The number of aliphatic hydroxyl groups excluding tert-OH is 1. The fraction of sp³-hybridized carbons (Fsp3) is 0.806. The van der Waals surface area contributed by atoms with Crippen molar-refractivity contribution in [2.75, 3.05) is 26.4 Å². The second kappa shape index (κ2) is 22.7. The highest BCUT2D eigenvalue weighted by Gasteiger charge is 2.39. The Balaban J connectivity index is 0. The molecule has 0 unspecified atom stereocenters. The Labute approximate surface area is 279 Å². The number of rotatable bonds is 16. The average Bonchev–Trinajstić information content (AvgIpc) is 3.55. The number of ether oxygens (including phenoxy) is 3. The van der Waals surface area contributed by atoms with Gasteiger partial charge < -0.3 is 19.3 Å². The number of nitrogens with zero attached hydrogens (tertiary/aromatic N) is 2. The van der Waals surface area contributed by atoms with Gasteiger partial charge in [0.25, 0.3) is 0 Å². The van der Waals surface area contributed by atoms with Crippen molar-refractivity contribution in [2.45, 2.75) is 141 Å². The van der Waals surface area contributed by atoms with Crippen molar-refractivity contribution in [1.29, 1.82) is 0 Å². The fourth-order valence-electron chi connectivity index (χ4n) is 3.67. The molecule has 0 aliphatic rings. The predicted octanol–water partition coefficient (Wildman–Crippen LogP) is 7.81. The summed E-state index contributed by atoms with van der Waals surface area (Å²) < 4.78 is 17.0. The normalized spacial score (nSPS) is 11.8. The topological polar surface area (TPSA) is 134 Å². The first-order valence-electron chi connectivity index (χ1n) is 16.8. The quantitative estimate of drug-likeness (QED) is 0.140. The summed E-state index contributed by atoms with van der Waals surface area (Å²) in [4.78, 5) is 51.0. The van der Waals surface area contributed by atoms with E-state index in [9.17, 15) is 19.2 Å². The second-order valence-corrected chi connectivity index (χ2v) is 15.0. The molecule has 10 heteroatoms. The number of unbranched alkanes of at least 4 members (excludes halogenated alkanes) is 2. The van der Waals surface area contributed by atoms with Crippen LogP contribution in [0.25, 0.3) is 0 Å². The highest BCUT2D eigenvalue weighted by molar-refractivity contribution is 5.79. The van der Waals surface area contributed by atoms with Gasteiger partial charge >= 0.3 is 17.9 Å². The van der Waals surface area contributed by atoms with E-state index < -0.39 is 23.3 Å². The van der Waals surface area contributed by atoms with Crippen molar-refractivity contribution in [3.05, 3.63) is 18.7 Å². The van der Waals surface area contributed by atoms with E-state index in [1.807, 2.05) is 41.5 Å². The minimum absolute atomic E-state index is 0.0972. The van der Waals surface area contributed by atoms with Gasteiger partial charge in [0.05, 0.1) is 6.61 Å². The molecule has 1 rings (SSSR count). The molecule has 0 bridgehead atoms. The van der Waals surface area contributed by atoms with Gasteiger partial charge in [0.1, 0.15) is 25.0 Å². The van der Waals surface area contributed by atoms with Crippen molar-refractivity contribution < 1.29 is 38.5 Å². The van der Waals surface area contributed by atoms with Gasteiger partial charge in [-0.15, -0.1) is 0 Å². The second-order valence-electron chi connectivity index (χ2n) is 15.0. The van der Waals surface area contributed by atoms with Crippen molar-refractivity contribution in [2.24, 2.45) is 21.7 Å². The Morgan fingerprint density at radius 3 is 1.50 bits per heavy atom. The molecule has 46 heavy (non-hydrogen) atoms. The zero-order valence-electron chi connectivity index (χ0n) is 31.1. The Morgan fingerprint density at radius 2 is 1.17 bits per heavy atom. The maximum atomic E-state index is 12.3. The van der Waals surface area contributed by atoms with E-state index in [0.717, 1.165) is 12.8 Å². The van der Waals surface area contributed by atoms with Crippen molar-refractivity contribution in [3.63, 3.8) is 0 Å². The molecule has 10 nitrogen and oxygen atoms in total. The Kier molecular flexibility index (Phi) is 22.4. The van der Waals surface area contributed by atoms with Crippen LogP contribution in [0.3, 0.4) is 0 Å². The predicted molar refractivity (Wildman–Crippen MR) is 182 cm³/mol. The molecule has 1 aromatic heterocycles. The first kappa shape index (κ1) is 45.4. The number of hydrogen-bond acceptors (Lipinski definition) is 9. The Hall–Kier alpha value is -2.75. The van der Waals surface area contributed by atoms with E-state index in [2.05, 4.69) is 25.8 Å². The Bertz CT molecular complexity index is 963. The van der Waals surface area contributed by atoms with Crippen LogP contribution in [-0.4, -0.2) is 64.9 Å². The minimum atomic E-state index is -1.21.